The summed E-state index contributed by atoms with van der Waals surface area (Å²) in [7, 11) is 0. The van der Waals surface area contributed by atoms with Crippen LogP contribution in [0.5, 0.6) is 0 Å². The molecule has 0 saturated carbocycles. The van der Waals surface area contributed by atoms with E-state index in [9.17, 15) is 18.1 Å². The minimum absolute atomic E-state index is 0.101. The second-order valence-electron chi connectivity index (χ2n) is 4.00. The quantitative estimate of drug-likeness (QED) is 0.667. The summed E-state index contributed by atoms with van der Waals surface area (Å²) in [5.74, 6) is 0.0258. The molecule has 3 rings (SSSR count). The molecule has 0 aliphatic heterocycles. The summed E-state index contributed by atoms with van der Waals surface area (Å²) in [6.07, 6.45) is -2.36. The Labute approximate surface area is 109 Å². The number of rotatable bonds is 2. The lowest BCUT2D eigenvalue weighted by Crippen LogP contribution is -2.05. The molecule has 3 heterocycles. The number of alkyl halides is 3. The van der Waals surface area contributed by atoms with Crippen LogP contribution in [-0.4, -0.2) is 9.38 Å². The number of nitrogens with zero attached hydrogens (tertiary/aromatic N) is 3. The Morgan fingerprint density at radius 3 is 2.65 bits per heavy atom. The Morgan fingerprint density at radius 1 is 1.25 bits per heavy atom. The number of imidazole rings is 1. The fourth-order valence-corrected chi connectivity index (χ4v) is 1.87. The van der Waals surface area contributed by atoms with Crippen LogP contribution in [0.3, 0.4) is 0 Å². The van der Waals surface area contributed by atoms with E-state index in [0.717, 1.165) is 16.7 Å². The molecule has 0 fully saturated rings. The Morgan fingerprint density at radius 2 is 2.05 bits per heavy atom. The van der Waals surface area contributed by atoms with Crippen molar-refractivity contribution >= 4 is 11.5 Å². The van der Waals surface area contributed by atoms with Gasteiger partial charge in [-0.05, 0) is 29.4 Å². The molecule has 0 aliphatic carbocycles. The van der Waals surface area contributed by atoms with Gasteiger partial charge in [0.1, 0.15) is 5.65 Å². The van der Waals surface area contributed by atoms with Crippen molar-refractivity contribution in [2.45, 2.75) is 6.18 Å². The molecule has 20 heavy (non-hydrogen) atoms. The number of fused-ring (bicyclic) bond motifs is 1. The van der Waals surface area contributed by atoms with E-state index in [0.29, 0.717) is 0 Å². The molecule has 0 atom stereocenters. The number of pyridine rings is 1. The predicted octanol–water partition coefficient (Wildman–Crippen LogP) is 4.01. The van der Waals surface area contributed by atoms with Gasteiger partial charge in [0.15, 0.2) is 11.5 Å². The topological polar surface area (TPSA) is 59.9 Å². The Hall–Kier alpha value is -2.64. The van der Waals surface area contributed by atoms with Crippen molar-refractivity contribution in [3.05, 3.63) is 47.2 Å². The molecule has 8 heteroatoms. The zero-order chi connectivity index (χ0) is 14.3. The summed E-state index contributed by atoms with van der Waals surface area (Å²) >= 11 is 0. The van der Waals surface area contributed by atoms with Gasteiger partial charge in [-0.25, -0.2) is 4.98 Å². The van der Waals surface area contributed by atoms with E-state index in [1.807, 2.05) is 0 Å². The monoisotopic (exact) mass is 281 g/mol. The van der Waals surface area contributed by atoms with Crippen LogP contribution in [0.25, 0.3) is 17.1 Å². The van der Waals surface area contributed by atoms with Crippen molar-refractivity contribution in [1.29, 1.82) is 0 Å². The fraction of sp³-hybridized carbons (Fsp3) is 0.0833. The molecule has 0 amide bonds. The van der Waals surface area contributed by atoms with Crippen LogP contribution in [0.4, 0.5) is 19.0 Å². The van der Waals surface area contributed by atoms with Crippen LogP contribution < -0.4 is 0 Å². The molecule has 0 aliphatic rings. The summed E-state index contributed by atoms with van der Waals surface area (Å²) in [6.45, 7) is 0. The highest BCUT2D eigenvalue weighted by atomic mass is 19.4. The number of furan rings is 1. The molecule has 5 nitrogen and oxygen atoms in total. The number of hydrogen-bond donors (Lipinski definition) is 0. The van der Waals surface area contributed by atoms with E-state index in [2.05, 4.69) is 10.2 Å². The molecule has 0 unspecified atom stereocenters. The van der Waals surface area contributed by atoms with Crippen molar-refractivity contribution < 1.29 is 17.6 Å². The molecule has 0 saturated heterocycles. The van der Waals surface area contributed by atoms with Crippen molar-refractivity contribution in [2.75, 3.05) is 0 Å². The summed E-state index contributed by atoms with van der Waals surface area (Å²) in [5, 5.41) is 2.76. The van der Waals surface area contributed by atoms with Crippen LogP contribution in [-0.2, 0) is 6.18 Å². The summed E-state index contributed by atoms with van der Waals surface area (Å²) in [6, 6.07) is 5.18. The molecule has 3 aromatic rings. The average Bonchev–Trinajstić information content (AvgIpc) is 3.03. The van der Waals surface area contributed by atoms with Crippen molar-refractivity contribution in [1.82, 2.24) is 9.38 Å². The first kappa shape index (κ1) is 12.4. The van der Waals surface area contributed by atoms with E-state index >= 15 is 0 Å². The van der Waals surface area contributed by atoms with E-state index in [-0.39, 0.29) is 22.9 Å². The maximum atomic E-state index is 12.7. The zero-order valence-corrected chi connectivity index (χ0v) is 9.76. The van der Waals surface area contributed by atoms with E-state index in [1.54, 1.807) is 12.1 Å². The minimum Gasteiger partial charge on any atom is -0.463 e. The van der Waals surface area contributed by atoms with Crippen LogP contribution in [0.2, 0.25) is 0 Å². The normalized spacial score (nSPS) is 11.9. The predicted molar refractivity (Wildman–Crippen MR) is 63.4 cm³/mol. The smallest absolute Gasteiger partial charge is 0.417 e. The Balaban J connectivity index is 2.28. The van der Waals surface area contributed by atoms with Gasteiger partial charge in [-0.1, -0.05) is 0 Å². The van der Waals surface area contributed by atoms with Crippen LogP contribution in [0, 0.1) is 4.91 Å². The summed E-state index contributed by atoms with van der Waals surface area (Å²) in [4.78, 5) is 15.0. The van der Waals surface area contributed by atoms with E-state index in [1.165, 1.54) is 12.3 Å². The van der Waals surface area contributed by atoms with E-state index < -0.39 is 11.7 Å². The lowest BCUT2D eigenvalue weighted by atomic mass is 10.3. The third-order valence-corrected chi connectivity index (χ3v) is 2.76. The molecule has 0 bridgehead atoms. The molecule has 0 N–H and O–H groups in total. The third kappa shape index (κ3) is 1.85. The van der Waals surface area contributed by atoms with Gasteiger partial charge in [-0.15, -0.1) is 4.91 Å². The van der Waals surface area contributed by atoms with Crippen LogP contribution >= 0.6 is 0 Å². The van der Waals surface area contributed by atoms with Crippen molar-refractivity contribution in [3.8, 4) is 11.5 Å². The third-order valence-electron chi connectivity index (χ3n) is 2.76. The number of halogens is 3. The zero-order valence-electron chi connectivity index (χ0n) is 9.76. The van der Waals surface area contributed by atoms with Gasteiger partial charge in [0, 0.05) is 6.20 Å². The van der Waals surface area contributed by atoms with Crippen LogP contribution in [0.15, 0.2) is 46.3 Å². The van der Waals surface area contributed by atoms with Gasteiger partial charge in [0.2, 0.25) is 5.82 Å². The molecule has 0 aromatic carbocycles. The first-order valence-corrected chi connectivity index (χ1v) is 5.47. The van der Waals surface area contributed by atoms with Gasteiger partial charge in [-0.3, -0.25) is 4.40 Å². The Kier molecular flexibility index (Phi) is 2.60. The first-order chi connectivity index (χ1) is 9.50. The second-order valence-corrected chi connectivity index (χ2v) is 4.00. The molecular weight excluding hydrogens is 275 g/mol. The van der Waals surface area contributed by atoms with Crippen LogP contribution in [0.1, 0.15) is 5.56 Å². The summed E-state index contributed by atoms with van der Waals surface area (Å²) < 4.78 is 44.1. The maximum absolute atomic E-state index is 12.7. The summed E-state index contributed by atoms with van der Waals surface area (Å²) in [5.41, 5.74) is -0.610. The lowest BCUT2D eigenvalue weighted by molar-refractivity contribution is -0.137. The Bertz CT molecular complexity index is 775. The molecule has 102 valence electrons. The standard InChI is InChI=1S/C12H6F3N3O2/c13-12(14,15)7-3-4-9-16-10(8-2-1-5-20-8)11(17-19)18(9)6-7/h1-6H. The number of hydrogen-bond acceptors (Lipinski definition) is 4. The molecular formula is C12H6F3N3O2. The van der Waals surface area contributed by atoms with Gasteiger partial charge < -0.3 is 4.42 Å². The van der Waals surface area contributed by atoms with Gasteiger partial charge in [0.25, 0.3) is 0 Å². The highest BCUT2D eigenvalue weighted by Crippen LogP contribution is 2.34. The van der Waals surface area contributed by atoms with Gasteiger partial charge in [-0.2, -0.15) is 13.2 Å². The number of nitroso groups, excluding NO2 is 1. The highest BCUT2D eigenvalue weighted by Gasteiger charge is 2.31. The fourth-order valence-electron chi connectivity index (χ4n) is 1.87. The minimum atomic E-state index is -4.51. The van der Waals surface area contributed by atoms with E-state index in [4.69, 9.17) is 4.42 Å². The highest BCUT2D eigenvalue weighted by molar-refractivity contribution is 5.71. The van der Waals surface area contributed by atoms with Crippen molar-refractivity contribution in [2.24, 2.45) is 5.18 Å². The molecule has 0 spiro atoms. The lowest BCUT2D eigenvalue weighted by Gasteiger charge is -2.06. The molecule has 3 aromatic heterocycles. The van der Waals surface area contributed by atoms with Gasteiger partial charge >= 0.3 is 6.18 Å². The largest absolute Gasteiger partial charge is 0.463 e. The SMILES string of the molecule is O=Nc1c(-c2ccco2)nc2ccc(C(F)(F)F)cn12. The second kappa shape index (κ2) is 4.19. The maximum Gasteiger partial charge on any atom is 0.417 e. The average molecular weight is 281 g/mol. The van der Waals surface area contributed by atoms with Gasteiger partial charge in [0.05, 0.1) is 11.8 Å². The van der Waals surface area contributed by atoms with Crippen molar-refractivity contribution in [3.63, 3.8) is 0 Å². The first-order valence-electron chi connectivity index (χ1n) is 5.47. The molecule has 0 radical (unpaired) electrons. The number of aromatic nitrogens is 2.